The zero-order valence-corrected chi connectivity index (χ0v) is 14.0. The van der Waals surface area contributed by atoms with Gasteiger partial charge in [-0.15, -0.1) is 0 Å². The molecule has 4 aromatic rings. The van der Waals surface area contributed by atoms with Gasteiger partial charge in [0.15, 0.2) is 0 Å². The minimum Gasteiger partial charge on any atom is -0.399 e. The van der Waals surface area contributed by atoms with Crippen LogP contribution in [0.5, 0.6) is 0 Å². The number of nitrogens with one attached hydrogen (secondary N) is 1. The molecule has 0 saturated carbocycles. The summed E-state index contributed by atoms with van der Waals surface area (Å²) in [6.45, 7) is 5.98. The van der Waals surface area contributed by atoms with Crippen molar-refractivity contribution in [3.63, 3.8) is 0 Å². The Morgan fingerprint density at radius 1 is 1.00 bits per heavy atom. The number of H-pyrrole nitrogens is 1. The number of nitrogens with two attached hydrogens (primary N) is 1. The van der Waals surface area contributed by atoms with Crippen molar-refractivity contribution in [1.29, 1.82) is 0 Å². The van der Waals surface area contributed by atoms with Crippen LogP contribution < -0.4 is 5.73 Å². The van der Waals surface area contributed by atoms with Crippen LogP contribution >= 0.6 is 0 Å². The summed E-state index contributed by atoms with van der Waals surface area (Å²) in [7, 11) is 0. The second kappa shape index (κ2) is 5.27. The van der Waals surface area contributed by atoms with Gasteiger partial charge in [-0.3, -0.25) is 0 Å². The van der Waals surface area contributed by atoms with Crippen LogP contribution in [0.1, 0.15) is 17.0 Å². The smallest absolute Gasteiger partial charge is 0.143 e. The molecule has 2 heterocycles. The lowest BCUT2D eigenvalue weighted by Gasteiger charge is -2.07. The van der Waals surface area contributed by atoms with Gasteiger partial charge in [-0.1, -0.05) is 17.3 Å². The molecule has 0 fully saturated rings. The average molecular weight is 317 g/mol. The first kappa shape index (κ1) is 14.6. The first-order valence-corrected chi connectivity index (χ1v) is 7.95. The van der Waals surface area contributed by atoms with E-state index < -0.39 is 0 Å². The average Bonchev–Trinajstić information content (AvgIpc) is 3.09. The maximum Gasteiger partial charge on any atom is 0.143 e. The largest absolute Gasteiger partial charge is 0.399 e. The quantitative estimate of drug-likeness (QED) is 0.511. The second-order valence-electron chi connectivity index (χ2n) is 6.26. The number of rotatable bonds is 2. The number of nitrogens with zero attached hydrogens (tertiary/aromatic N) is 1. The third kappa shape index (κ3) is 2.27. The normalized spacial score (nSPS) is 11.3. The molecule has 0 atom stereocenters. The van der Waals surface area contributed by atoms with Crippen LogP contribution in [0.3, 0.4) is 0 Å². The molecule has 0 saturated heterocycles. The zero-order valence-electron chi connectivity index (χ0n) is 14.0. The third-order valence-electron chi connectivity index (χ3n) is 4.48. The van der Waals surface area contributed by atoms with Crippen LogP contribution in [0.4, 0.5) is 5.69 Å². The van der Waals surface area contributed by atoms with E-state index in [-0.39, 0.29) is 0 Å². The number of aryl methyl sites for hydroxylation is 3. The molecule has 2 aromatic heterocycles. The first-order valence-electron chi connectivity index (χ1n) is 7.95. The molecule has 0 aliphatic heterocycles. The number of anilines is 1. The van der Waals surface area contributed by atoms with Gasteiger partial charge in [0.25, 0.3) is 0 Å². The molecule has 0 bridgehead atoms. The van der Waals surface area contributed by atoms with Crippen LogP contribution in [0.15, 0.2) is 47.0 Å². The number of aromatic amines is 1. The molecular formula is C20H19N3O. The van der Waals surface area contributed by atoms with Crippen LogP contribution in [-0.4, -0.2) is 10.1 Å². The Hall–Kier alpha value is -3.01. The van der Waals surface area contributed by atoms with Crippen molar-refractivity contribution in [3.8, 4) is 22.4 Å². The monoisotopic (exact) mass is 317 g/mol. The van der Waals surface area contributed by atoms with E-state index in [0.29, 0.717) is 0 Å². The van der Waals surface area contributed by atoms with Gasteiger partial charge in [-0.05, 0) is 67.8 Å². The van der Waals surface area contributed by atoms with Gasteiger partial charge >= 0.3 is 0 Å². The molecule has 0 unspecified atom stereocenters. The zero-order chi connectivity index (χ0) is 16.8. The molecule has 4 rings (SSSR count). The number of aromatic nitrogens is 2. The van der Waals surface area contributed by atoms with Crippen molar-refractivity contribution in [3.05, 3.63) is 59.5 Å². The molecule has 0 aliphatic rings. The summed E-state index contributed by atoms with van der Waals surface area (Å²) in [5.41, 5.74) is 14.3. The highest BCUT2D eigenvalue weighted by Gasteiger charge is 2.14. The van der Waals surface area contributed by atoms with Crippen LogP contribution in [0.2, 0.25) is 0 Å². The van der Waals surface area contributed by atoms with E-state index in [1.165, 1.54) is 22.1 Å². The third-order valence-corrected chi connectivity index (χ3v) is 4.48. The highest BCUT2D eigenvalue weighted by molar-refractivity contribution is 5.90. The number of benzene rings is 2. The Kier molecular flexibility index (Phi) is 3.20. The van der Waals surface area contributed by atoms with E-state index in [0.717, 1.165) is 33.9 Å². The number of hydrogen-bond acceptors (Lipinski definition) is 3. The fourth-order valence-electron chi connectivity index (χ4n) is 3.31. The van der Waals surface area contributed by atoms with E-state index in [2.05, 4.69) is 47.4 Å². The lowest BCUT2D eigenvalue weighted by atomic mass is 9.99. The van der Waals surface area contributed by atoms with Gasteiger partial charge in [0.05, 0.1) is 17.0 Å². The molecule has 4 heteroatoms. The standard InChI is InChI=1S/C20H19N3O/c1-11-8-16(21)5-6-17(11)14-4-7-18-15(9-14)10-19(22-18)20-12(2)23-24-13(20)3/h4-10,22H,21H2,1-3H3. The van der Waals surface area contributed by atoms with Crippen molar-refractivity contribution in [1.82, 2.24) is 10.1 Å². The molecule has 4 nitrogen and oxygen atoms in total. The summed E-state index contributed by atoms with van der Waals surface area (Å²) >= 11 is 0. The van der Waals surface area contributed by atoms with Gasteiger partial charge < -0.3 is 15.2 Å². The summed E-state index contributed by atoms with van der Waals surface area (Å²) in [6, 6.07) is 14.6. The summed E-state index contributed by atoms with van der Waals surface area (Å²) in [6.07, 6.45) is 0. The fourth-order valence-corrected chi connectivity index (χ4v) is 3.31. The maximum absolute atomic E-state index is 5.86. The van der Waals surface area contributed by atoms with Crippen molar-refractivity contribution in [2.75, 3.05) is 5.73 Å². The lowest BCUT2D eigenvalue weighted by molar-refractivity contribution is 0.393. The van der Waals surface area contributed by atoms with E-state index in [1.807, 2.05) is 26.0 Å². The minimum atomic E-state index is 0.791. The molecule has 0 amide bonds. The Morgan fingerprint density at radius 3 is 2.54 bits per heavy atom. The first-order chi connectivity index (χ1) is 11.5. The summed E-state index contributed by atoms with van der Waals surface area (Å²) in [5, 5.41) is 5.21. The highest BCUT2D eigenvalue weighted by atomic mass is 16.5. The van der Waals surface area contributed by atoms with Crippen LogP contribution in [-0.2, 0) is 0 Å². The number of fused-ring (bicyclic) bond motifs is 1. The van der Waals surface area contributed by atoms with E-state index in [1.54, 1.807) is 0 Å². The topological polar surface area (TPSA) is 67.8 Å². The van der Waals surface area contributed by atoms with Gasteiger partial charge in [0.2, 0.25) is 0 Å². The van der Waals surface area contributed by atoms with Gasteiger partial charge in [0, 0.05) is 16.6 Å². The summed E-state index contributed by atoms with van der Waals surface area (Å²) in [5.74, 6) is 0.827. The van der Waals surface area contributed by atoms with E-state index in [9.17, 15) is 0 Å². The predicted octanol–water partition coefficient (Wildman–Crippen LogP) is 5.00. The van der Waals surface area contributed by atoms with Crippen molar-refractivity contribution < 1.29 is 4.52 Å². The molecule has 120 valence electrons. The molecule has 3 N–H and O–H groups in total. The van der Waals surface area contributed by atoms with Crippen LogP contribution in [0.25, 0.3) is 33.3 Å². The molecule has 2 aromatic carbocycles. The molecule has 24 heavy (non-hydrogen) atoms. The number of hydrogen-bond donors (Lipinski definition) is 2. The van der Waals surface area contributed by atoms with Gasteiger partial charge in [0.1, 0.15) is 5.76 Å². The summed E-state index contributed by atoms with van der Waals surface area (Å²) in [4.78, 5) is 3.46. The Morgan fingerprint density at radius 2 is 1.83 bits per heavy atom. The van der Waals surface area contributed by atoms with Crippen molar-refractivity contribution in [2.45, 2.75) is 20.8 Å². The number of nitrogen functional groups attached to an aromatic ring is 1. The summed E-state index contributed by atoms with van der Waals surface area (Å²) < 4.78 is 5.28. The minimum absolute atomic E-state index is 0.791. The molecule has 0 radical (unpaired) electrons. The molecule has 0 spiro atoms. The van der Waals surface area contributed by atoms with Crippen molar-refractivity contribution >= 4 is 16.6 Å². The second-order valence-corrected chi connectivity index (χ2v) is 6.26. The predicted molar refractivity (Wildman–Crippen MR) is 97.9 cm³/mol. The van der Waals surface area contributed by atoms with Gasteiger partial charge in [-0.2, -0.15) is 0 Å². The SMILES string of the molecule is Cc1cc(N)ccc1-c1ccc2[nH]c(-c3c(C)noc3C)cc2c1. The maximum atomic E-state index is 5.86. The van der Waals surface area contributed by atoms with E-state index in [4.69, 9.17) is 10.3 Å². The lowest BCUT2D eigenvalue weighted by Crippen LogP contribution is -1.88. The van der Waals surface area contributed by atoms with Crippen LogP contribution in [0, 0.1) is 20.8 Å². The van der Waals surface area contributed by atoms with E-state index >= 15 is 0 Å². The highest BCUT2D eigenvalue weighted by Crippen LogP contribution is 2.32. The van der Waals surface area contributed by atoms with Gasteiger partial charge in [-0.25, -0.2) is 0 Å². The van der Waals surface area contributed by atoms with Crippen molar-refractivity contribution in [2.24, 2.45) is 0 Å². The molecule has 0 aliphatic carbocycles. The Bertz CT molecular complexity index is 1040. The fraction of sp³-hybridized carbons (Fsp3) is 0.150. The Labute approximate surface area is 140 Å². The Balaban J connectivity index is 1.85. The molecular weight excluding hydrogens is 298 g/mol.